The molecule has 0 unspecified atom stereocenters. The van der Waals surface area contributed by atoms with Crippen LogP contribution in [0.1, 0.15) is 6.92 Å². The first-order valence-electron chi connectivity index (χ1n) is 1.43. The Balaban J connectivity index is -0.00000000990. The second-order valence-electron chi connectivity index (χ2n) is 0.519. The first-order valence-corrected chi connectivity index (χ1v) is 1.43. The molecule has 0 aromatic carbocycles. The van der Waals surface area contributed by atoms with Crippen LogP contribution in [0.5, 0.6) is 0 Å². The smallest absolute Gasteiger partial charge is 0.300 e. The molecule has 0 fully saturated rings. The van der Waals surface area contributed by atoms with Gasteiger partial charge in [0.05, 0.1) is 0 Å². The van der Waals surface area contributed by atoms with Crippen LogP contribution in [-0.4, -0.2) is 11.1 Å². The summed E-state index contributed by atoms with van der Waals surface area (Å²) in [5.74, 6) is -0.833. The van der Waals surface area contributed by atoms with Crippen molar-refractivity contribution in [3.05, 3.63) is 13.2 Å². The van der Waals surface area contributed by atoms with Gasteiger partial charge in [0, 0.05) is 24.0 Å². The average Bonchev–Trinajstić information content (AvgIpc) is 1.41. The van der Waals surface area contributed by atoms with Gasteiger partial charge in [-0.1, -0.05) is 0 Å². The van der Waals surface area contributed by atoms with E-state index >= 15 is 0 Å². The van der Waals surface area contributed by atoms with Crippen molar-refractivity contribution < 1.29 is 27.0 Å². The summed E-state index contributed by atoms with van der Waals surface area (Å²) in [6.45, 7) is 7.08. The molecule has 0 aliphatic rings. The zero-order valence-electron chi connectivity index (χ0n) is 5.49. The summed E-state index contributed by atoms with van der Waals surface area (Å²) in [4.78, 5) is 9.00. The van der Waals surface area contributed by atoms with Crippen molar-refractivity contribution in [1.29, 1.82) is 0 Å². The van der Waals surface area contributed by atoms with Gasteiger partial charge in [-0.3, -0.25) is 4.79 Å². The molecule has 0 heterocycles. The largest absolute Gasteiger partial charge is 0.481 e. The van der Waals surface area contributed by atoms with Crippen LogP contribution >= 0.6 is 0 Å². The fourth-order valence-corrected chi connectivity index (χ4v) is 0. The number of hydrogen-bond acceptors (Lipinski definition) is 3. The molecule has 0 bridgehead atoms. The van der Waals surface area contributed by atoms with Crippen LogP contribution in [0, 0.1) is 0 Å². The molecule has 0 aromatic rings. The number of aliphatic carboxylic acids is 1. The standard InChI is InChI=1S/C2H4O2.C2H4.Cu.2H3N/c1-2(3)4;1-2;;;/h1H3,(H,3,4);1-2H2;;2*1H3. The molecular formula is C4H14CuN2O2. The van der Waals surface area contributed by atoms with Crippen LogP contribution in [-0.2, 0) is 21.9 Å². The first-order chi connectivity index (χ1) is 2.73. The Bertz CT molecular complexity index is 47.8. The Morgan fingerprint density at radius 2 is 1.33 bits per heavy atom. The maximum atomic E-state index is 9.00. The van der Waals surface area contributed by atoms with Gasteiger partial charge in [0.25, 0.3) is 5.97 Å². The van der Waals surface area contributed by atoms with Crippen LogP contribution in [0.25, 0.3) is 0 Å². The van der Waals surface area contributed by atoms with Crippen molar-refractivity contribution in [2.45, 2.75) is 6.92 Å². The number of carboxylic acids is 1. The molecule has 0 amide bonds. The maximum absolute atomic E-state index is 9.00. The fraction of sp³-hybridized carbons (Fsp3) is 0.250. The van der Waals surface area contributed by atoms with Crippen LogP contribution in [0.15, 0.2) is 13.2 Å². The second kappa shape index (κ2) is 48.2. The summed E-state index contributed by atoms with van der Waals surface area (Å²) >= 11 is 0. The topological polar surface area (TPSA) is 107 Å². The van der Waals surface area contributed by atoms with Gasteiger partial charge in [0.1, 0.15) is 0 Å². The maximum Gasteiger partial charge on any atom is 0.300 e. The Hall–Kier alpha value is -0.351. The number of carboxylic acid groups (broad SMARTS) is 1. The number of carbonyl (C=O) groups is 1. The van der Waals surface area contributed by atoms with E-state index in [4.69, 9.17) is 9.90 Å². The molecule has 0 atom stereocenters. The molecular weight excluding hydrogens is 172 g/mol. The van der Waals surface area contributed by atoms with Gasteiger partial charge in [-0.05, 0) is 0 Å². The number of hydrogen-bond donors (Lipinski definition) is 3. The Morgan fingerprint density at radius 3 is 1.33 bits per heavy atom. The molecule has 0 aliphatic carbocycles. The van der Waals surface area contributed by atoms with E-state index in [1.165, 1.54) is 0 Å². The van der Waals surface area contributed by atoms with E-state index < -0.39 is 5.97 Å². The van der Waals surface area contributed by atoms with E-state index in [9.17, 15) is 0 Å². The van der Waals surface area contributed by atoms with E-state index in [1.54, 1.807) is 0 Å². The Kier molecular flexibility index (Phi) is 203. The average molecular weight is 186 g/mol. The summed E-state index contributed by atoms with van der Waals surface area (Å²) in [5.41, 5.74) is 0. The number of rotatable bonds is 0. The van der Waals surface area contributed by atoms with Gasteiger partial charge < -0.3 is 17.4 Å². The fourth-order valence-electron chi connectivity index (χ4n) is 0. The monoisotopic (exact) mass is 185 g/mol. The van der Waals surface area contributed by atoms with Gasteiger partial charge in [-0.25, -0.2) is 0 Å². The second-order valence-corrected chi connectivity index (χ2v) is 0.519. The molecule has 0 spiro atoms. The minimum atomic E-state index is -0.833. The predicted octanol–water partition coefficient (Wildman–Crippen LogP) is 1.21. The molecule has 63 valence electrons. The van der Waals surface area contributed by atoms with Crippen LogP contribution < -0.4 is 12.3 Å². The first kappa shape index (κ1) is 38.0. The molecule has 0 saturated heterocycles. The molecule has 9 heavy (non-hydrogen) atoms. The van der Waals surface area contributed by atoms with Crippen LogP contribution in [0.2, 0.25) is 0 Å². The van der Waals surface area contributed by atoms with Crippen molar-refractivity contribution in [1.82, 2.24) is 12.3 Å². The minimum absolute atomic E-state index is 0. The molecule has 4 nitrogen and oxygen atoms in total. The zero-order chi connectivity index (χ0) is 5.58. The predicted molar refractivity (Wildman–Crippen MR) is 34.6 cm³/mol. The van der Waals surface area contributed by atoms with Crippen LogP contribution in [0.4, 0.5) is 0 Å². The molecule has 0 saturated carbocycles. The quantitative estimate of drug-likeness (QED) is 0.390. The van der Waals surface area contributed by atoms with E-state index in [-0.39, 0.29) is 29.4 Å². The third kappa shape index (κ3) is 1990. The molecule has 1 radical (unpaired) electrons. The van der Waals surface area contributed by atoms with Gasteiger partial charge in [0.15, 0.2) is 0 Å². The Labute approximate surface area is 66.0 Å². The van der Waals surface area contributed by atoms with E-state index in [0.29, 0.717) is 0 Å². The van der Waals surface area contributed by atoms with Gasteiger partial charge in [0.2, 0.25) is 0 Å². The molecule has 0 aliphatic heterocycles. The zero-order valence-corrected chi connectivity index (χ0v) is 6.43. The Morgan fingerprint density at radius 1 is 1.33 bits per heavy atom. The SMILES string of the molecule is C=C.CC(=O)O.N.N.[Cu]. The van der Waals surface area contributed by atoms with Gasteiger partial charge in [-0.15, -0.1) is 13.2 Å². The molecule has 5 heteroatoms. The molecule has 7 N–H and O–H groups in total. The van der Waals surface area contributed by atoms with Crippen molar-refractivity contribution in [3.63, 3.8) is 0 Å². The van der Waals surface area contributed by atoms with Crippen molar-refractivity contribution in [3.8, 4) is 0 Å². The molecule has 0 aromatic heterocycles. The minimum Gasteiger partial charge on any atom is -0.481 e. The summed E-state index contributed by atoms with van der Waals surface area (Å²) in [7, 11) is 0. The van der Waals surface area contributed by atoms with Crippen LogP contribution in [0.3, 0.4) is 0 Å². The van der Waals surface area contributed by atoms with E-state index in [1.807, 2.05) is 0 Å². The van der Waals surface area contributed by atoms with E-state index in [2.05, 4.69) is 13.2 Å². The van der Waals surface area contributed by atoms with Crippen molar-refractivity contribution in [2.75, 3.05) is 0 Å². The third-order valence-corrected chi connectivity index (χ3v) is 0. The van der Waals surface area contributed by atoms with Crippen molar-refractivity contribution in [2.24, 2.45) is 0 Å². The summed E-state index contributed by atoms with van der Waals surface area (Å²) in [6, 6.07) is 0. The summed E-state index contributed by atoms with van der Waals surface area (Å²) in [6.07, 6.45) is 0. The normalized spacial score (nSPS) is 3.22. The van der Waals surface area contributed by atoms with Crippen molar-refractivity contribution >= 4 is 5.97 Å². The summed E-state index contributed by atoms with van der Waals surface area (Å²) < 4.78 is 0. The van der Waals surface area contributed by atoms with E-state index in [0.717, 1.165) is 6.92 Å². The van der Waals surface area contributed by atoms with Gasteiger partial charge >= 0.3 is 0 Å². The summed E-state index contributed by atoms with van der Waals surface area (Å²) in [5, 5.41) is 7.42. The molecule has 0 rings (SSSR count). The van der Waals surface area contributed by atoms with Gasteiger partial charge in [-0.2, -0.15) is 0 Å². The third-order valence-electron chi connectivity index (χ3n) is 0.